The molecular formula is C26H18O7. The summed E-state index contributed by atoms with van der Waals surface area (Å²) < 4.78 is 22.0. The average molecular weight is 442 g/mol. The fourth-order valence-electron chi connectivity index (χ4n) is 3.56. The molecule has 164 valence electrons. The molecule has 0 fully saturated rings. The number of aromatic hydroxyl groups is 1. The van der Waals surface area contributed by atoms with Crippen molar-refractivity contribution in [2.24, 2.45) is 0 Å². The smallest absolute Gasteiger partial charge is 0.342 e. The Labute approximate surface area is 187 Å². The summed E-state index contributed by atoms with van der Waals surface area (Å²) in [6, 6.07) is 18.1. The molecule has 0 aliphatic heterocycles. The molecule has 0 aliphatic rings. The third-order valence-corrected chi connectivity index (χ3v) is 5.33. The third-order valence-electron chi connectivity index (χ3n) is 5.33. The van der Waals surface area contributed by atoms with Crippen LogP contribution in [0.3, 0.4) is 0 Å². The zero-order valence-corrected chi connectivity index (χ0v) is 17.5. The van der Waals surface area contributed by atoms with Crippen molar-refractivity contribution in [3.63, 3.8) is 0 Å². The van der Waals surface area contributed by atoms with Crippen molar-refractivity contribution in [1.29, 1.82) is 0 Å². The van der Waals surface area contributed by atoms with Gasteiger partial charge in [0.05, 0.1) is 23.6 Å². The van der Waals surface area contributed by atoms with E-state index in [-0.39, 0.29) is 17.8 Å². The van der Waals surface area contributed by atoms with Crippen molar-refractivity contribution >= 4 is 21.9 Å². The number of ether oxygens (including phenoxy) is 2. The highest BCUT2D eigenvalue weighted by Crippen LogP contribution is 2.25. The van der Waals surface area contributed by atoms with E-state index in [0.717, 1.165) is 5.39 Å². The summed E-state index contributed by atoms with van der Waals surface area (Å²) in [4.78, 5) is 25.2. The quantitative estimate of drug-likeness (QED) is 0.388. The normalized spacial score (nSPS) is 11.1. The number of hydrogen-bond acceptors (Lipinski definition) is 7. The van der Waals surface area contributed by atoms with Crippen molar-refractivity contribution in [2.75, 3.05) is 7.11 Å². The summed E-state index contributed by atoms with van der Waals surface area (Å²) in [6.45, 7) is -0.00830. The highest BCUT2D eigenvalue weighted by molar-refractivity contribution is 5.82. The van der Waals surface area contributed by atoms with E-state index >= 15 is 0 Å². The molecule has 0 aliphatic carbocycles. The number of phenols is 1. The lowest BCUT2D eigenvalue weighted by Gasteiger charge is -2.08. The topological polar surface area (TPSA) is 99.1 Å². The first-order valence-corrected chi connectivity index (χ1v) is 10.1. The van der Waals surface area contributed by atoms with Gasteiger partial charge in [-0.1, -0.05) is 12.1 Å². The molecule has 3 aromatic carbocycles. The highest BCUT2D eigenvalue weighted by Gasteiger charge is 2.12. The van der Waals surface area contributed by atoms with Crippen molar-refractivity contribution in [2.45, 2.75) is 6.61 Å². The molecule has 7 heteroatoms. The predicted octanol–water partition coefficient (Wildman–Crippen LogP) is 4.86. The molecule has 0 atom stereocenters. The molecule has 5 rings (SSSR count). The van der Waals surface area contributed by atoms with E-state index in [1.807, 2.05) is 0 Å². The minimum atomic E-state index is -0.499. The molecule has 1 N–H and O–H groups in total. The van der Waals surface area contributed by atoms with E-state index in [9.17, 15) is 14.7 Å². The monoisotopic (exact) mass is 442 g/mol. The molecule has 0 saturated heterocycles. The van der Waals surface area contributed by atoms with Gasteiger partial charge in [0, 0.05) is 17.5 Å². The number of methoxy groups -OCH3 is 1. The van der Waals surface area contributed by atoms with Crippen LogP contribution in [-0.4, -0.2) is 12.2 Å². The van der Waals surface area contributed by atoms with Gasteiger partial charge < -0.3 is 23.4 Å². The average Bonchev–Trinajstić information content (AvgIpc) is 2.83. The van der Waals surface area contributed by atoms with E-state index < -0.39 is 5.63 Å². The van der Waals surface area contributed by atoms with Crippen molar-refractivity contribution in [1.82, 2.24) is 0 Å². The summed E-state index contributed by atoms with van der Waals surface area (Å²) in [5.41, 5.74) is 1.49. The summed E-state index contributed by atoms with van der Waals surface area (Å²) in [5.74, 6) is 1.16. The first-order valence-electron chi connectivity index (χ1n) is 10.1. The summed E-state index contributed by atoms with van der Waals surface area (Å²) >= 11 is 0. The summed E-state index contributed by atoms with van der Waals surface area (Å²) in [6.07, 6.45) is 1.38. The Balaban J connectivity index is 1.41. The molecule has 0 bridgehead atoms. The first-order chi connectivity index (χ1) is 16.0. The van der Waals surface area contributed by atoms with Crippen LogP contribution in [0.5, 0.6) is 17.2 Å². The fraction of sp³-hybridized carbons (Fsp3) is 0.0769. The molecule has 2 heterocycles. The number of benzene rings is 3. The van der Waals surface area contributed by atoms with Gasteiger partial charge in [-0.25, -0.2) is 4.79 Å². The van der Waals surface area contributed by atoms with Crippen LogP contribution < -0.4 is 20.5 Å². The Morgan fingerprint density at radius 3 is 2.42 bits per heavy atom. The van der Waals surface area contributed by atoms with E-state index in [1.165, 1.54) is 18.4 Å². The Morgan fingerprint density at radius 1 is 0.879 bits per heavy atom. The molecule has 33 heavy (non-hydrogen) atoms. The molecule has 5 aromatic rings. The van der Waals surface area contributed by atoms with Crippen molar-refractivity contribution < 1.29 is 23.4 Å². The van der Waals surface area contributed by atoms with Gasteiger partial charge in [-0.3, -0.25) is 4.79 Å². The lowest BCUT2D eigenvalue weighted by Crippen LogP contribution is -2.10. The van der Waals surface area contributed by atoms with Crippen molar-refractivity contribution in [3.05, 3.63) is 99.2 Å². The SMILES string of the molecule is COc1ccc2cc(COc3ccc4c(=O)c(-c5ccc(O)cc5)coc4c3)c(=O)oc2c1. The van der Waals surface area contributed by atoms with E-state index in [0.29, 0.717) is 44.7 Å². The lowest BCUT2D eigenvalue weighted by atomic mass is 10.1. The van der Waals surface area contributed by atoms with Gasteiger partial charge in [0.15, 0.2) is 5.43 Å². The van der Waals surface area contributed by atoms with Gasteiger partial charge >= 0.3 is 5.63 Å². The second-order valence-electron chi connectivity index (χ2n) is 7.43. The van der Waals surface area contributed by atoms with Crippen LogP contribution in [0, 0.1) is 0 Å². The third kappa shape index (κ3) is 3.92. The van der Waals surface area contributed by atoms with Crippen LogP contribution in [0.4, 0.5) is 0 Å². The number of fused-ring (bicyclic) bond motifs is 2. The molecule has 0 amide bonds. The Hall–Kier alpha value is -4.52. The van der Waals surface area contributed by atoms with Crippen molar-refractivity contribution in [3.8, 4) is 28.4 Å². The molecule has 0 saturated carbocycles. The zero-order chi connectivity index (χ0) is 22.9. The van der Waals surface area contributed by atoms with Gasteiger partial charge in [0.25, 0.3) is 0 Å². The number of hydrogen-bond donors (Lipinski definition) is 1. The van der Waals surface area contributed by atoms with Gasteiger partial charge in [-0.05, 0) is 48.0 Å². The van der Waals surface area contributed by atoms with E-state index in [4.69, 9.17) is 18.3 Å². The molecule has 2 aromatic heterocycles. The van der Waals surface area contributed by atoms with E-state index in [2.05, 4.69) is 0 Å². The Kier molecular flexibility index (Phi) is 5.06. The molecule has 0 radical (unpaired) electrons. The second kappa shape index (κ2) is 8.20. The fourth-order valence-corrected chi connectivity index (χ4v) is 3.56. The lowest BCUT2D eigenvalue weighted by molar-refractivity contribution is 0.300. The standard InChI is InChI=1S/C26H18O7/c1-30-19-7-4-16-10-17(26(29)33-23(16)11-19)13-31-20-8-9-21-24(12-20)32-14-22(25(21)28)15-2-5-18(27)6-3-15/h2-12,14,27H,13H2,1H3. The van der Waals surface area contributed by atoms with Crippen LogP contribution in [-0.2, 0) is 6.61 Å². The van der Waals surface area contributed by atoms with Gasteiger partial charge in [0.2, 0.25) is 0 Å². The first kappa shape index (κ1) is 20.4. The van der Waals surface area contributed by atoms with E-state index in [1.54, 1.807) is 61.7 Å². The second-order valence-corrected chi connectivity index (χ2v) is 7.43. The highest BCUT2D eigenvalue weighted by atomic mass is 16.5. The molecule has 7 nitrogen and oxygen atoms in total. The number of phenolic OH excluding ortho intramolecular Hbond substituents is 1. The molecular weight excluding hydrogens is 424 g/mol. The van der Waals surface area contributed by atoms with Crippen LogP contribution in [0.15, 0.2) is 91.4 Å². The largest absolute Gasteiger partial charge is 0.508 e. The summed E-state index contributed by atoms with van der Waals surface area (Å²) in [5, 5.41) is 10.6. The number of rotatable bonds is 5. The maximum absolute atomic E-state index is 12.9. The maximum atomic E-state index is 12.9. The van der Waals surface area contributed by atoms with Crippen LogP contribution in [0.2, 0.25) is 0 Å². The maximum Gasteiger partial charge on any atom is 0.342 e. The van der Waals surface area contributed by atoms with Gasteiger partial charge in [-0.2, -0.15) is 0 Å². The van der Waals surface area contributed by atoms with Gasteiger partial charge in [-0.15, -0.1) is 0 Å². The van der Waals surface area contributed by atoms with Crippen LogP contribution in [0.1, 0.15) is 5.56 Å². The van der Waals surface area contributed by atoms with Crippen LogP contribution in [0.25, 0.3) is 33.1 Å². The summed E-state index contributed by atoms with van der Waals surface area (Å²) in [7, 11) is 1.54. The van der Waals surface area contributed by atoms with Crippen LogP contribution >= 0.6 is 0 Å². The predicted molar refractivity (Wildman–Crippen MR) is 123 cm³/mol. The molecule has 0 spiro atoms. The molecule has 0 unspecified atom stereocenters. The Bertz CT molecular complexity index is 1590. The zero-order valence-electron chi connectivity index (χ0n) is 17.5. The van der Waals surface area contributed by atoms with Gasteiger partial charge in [0.1, 0.15) is 41.3 Å². The minimum absolute atomic E-state index is 0.00830. The minimum Gasteiger partial charge on any atom is -0.508 e. The Morgan fingerprint density at radius 2 is 1.64 bits per heavy atom.